The Hall–Kier alpha value is -3.41. The van der Waals surface area contributed by atoms with E-state index in [1.807, 2.05) is 46.0 Å². The van der Waals surface area contributed by atoms with Gasteiger partial charge in [0.2, 0.25) is 5.91 Å². The van der Waals surface area contributed by atoms with Crippen LogP contribution >= 0.6 is 0 Å². The van der Waals surface area contributed by atoms with Gasteiger partial charge in [0.1, 0.15) is 0 Å². The highest BCUT2D eigenvalue weighted by Gasteiger charge is 2.16. The maximum Gasteiger partial charge on any atom is 0.254 e. The molecule has 0 spiro atoms. The second kappa shape index (κ2) is 10.2. The summed E-state index contributed by atoms with van der Waals surface area (Å²) in [6.45, 7) is 3.86. The van der Waals surface area contributed by atoms with Crippen LogP contribution in [0.3, 0.4) is 0 Å². The smallest absolute Gasteiger partial charge is 0.254 e. The van der Waals surface area contributed by atoms with Crippen LogP contribution in [-0.4, -0.2) is 32.8 Å². The number of aromatic nitrogens is 2. The molecule has 29 heavy (non-hydrogen) atoms. The zero-order valence-electron chi connectivity index (χ0n) is 16.6. The van der Waals surface area contributed by atoms with Gasteiger partial charge in [-0.1, -0.05) is 43.3 Å². The summed E-state index contributed by atoms with van der Waals surface area (Å²) in [5, 5.41) is 2.88. The first-order chi connectivity index (χ1) is 14.2. The van der Waals surface area contributed by atoms with Crippen molar-refractivity contribution in [3.05, 3.63) is 84.4 Å². The van der Waals surface area contributed by atoms with Crippen LogP contribution < -0.4 is 5.32 Å². The number of benzene rings is 2. The molecule has 3 aromatic rings. The van der Waals surface area contributed by atoms with Crippen molar-refractivity contribution in [1.29, 1.82) is 0 Å². The van der Waals surface area contributed by atoms with Crippen molar-refractivity contribution in [2.24, 2.45) is 0 Å². The van der Waals surface area contributed by atoms with E-state index < -0.39 is 0 Å². The Morgan fingerprint density at radius 2 is 1.93 bits per heavy atom. The van der Waals surface area contributed by atoms with E-state index in [0.717, 1.165) is 12.0 Å². The van der Waals surface area contributed by atoms with Gasteiger partial charge in [-0.15, -0.1) is 0 Å². The van der Waals surface area contributed by atoms with Crippen molar-refractivity contribution in [3.63, 3.8) is 0 Å². The molecule has 3 rings (SSSR count). The van der Waals surface area contributed by atoms with Crippen molar-refractivity contribution in [2.75, 3.05) is 11.9 Å². The summed E-state index contributed by atoms with van der Waals surface area (Å²) in [7, 11) is 0. The molecule has 0 atom stereocenters. The summed E-state index contributed by atoms with van der Waals surface area (Å²) < 4.78 is 1.85. The molecule has 0 fully saturated rings. The molecule has 1 N–H and O–H groups in total. The number of hydrogen-bond acceptors (Lipinski definition) is 3. The molecular formula is C23H26N4O2. The molecule has 2 amide bonds. The van der Waals surface area contributed by atoms with Crippen LogP contribution in [0.15, 0.2) is 73.3 Å². The zero-order valence-corrected chi connectivity index (χ0v) is 16.6. The highest BCUT2D eigenvalue weighted by atomic mass is 16.2. The second-order valence-corrected chi connectivity index (χ2v) is 6.89. The highest BCUT2D eigenvalue weighted by Crippen LogP contribution is 2.15. The van der Waals surface area contributed by atoms with Crippen LogP contribution in [-0.2, 0) is 17.9 Å². The summed E-state index contributed by atoms with van der Waals surface area (Å²) in [5.41, 5.74) is 2.29. The zero-order chi connectivity index (χ0) is 20.5. The molecule has 0 bridgehead atoms. The summed E-state index contributed by atoms with van der Waals surface area (Å²) in [6.07, 6.45) is 6.40. The van der Waals surface area contributed by atoms with Crippen LogP contribution in [0.25, 0.3) is 0 Å². The highest BCUT2D eigenvalue weighted by molar-refractivity contribution is 5.97. The van der Waals surface area contributed by atoms with E-state index in [2.05, 4.69) is 17.2 Å². The van der Waals surface area contributed by atoms with Crippen molar-refractivity contribution < 1.29 is 9.59 Å². The van der Waals surface area contributed by atoms with Crippen molar-refractivity contribution in [3.8, 4) is 0 Å². The first-order valence-corrected chi connectivity index (χ1v) is 9.84. The van der Waals surface area contributed by atoms with Gasteiger partial charge in [-0.2, -0.15) is 0 Å². The number of nitrogens with one attached hydrogen (secondary N) is 1. The van der Waals surface area contributed by atoms with Crippen LogP contribution in [0.2, 0.25) is 0 Å². The fourth-order valence-electron chi connectivity index (χ4n) is 3.11. The quantitative estimate of drug-likeness (QED) is 0.601. The lowest BCUT2D eigenvalue weighted by molar-refractivity contribution is -0.116. The maximum atomic E-state index is 13.1. The molecular weight excluding hydrogens is 364 g/mol. The number of anilines is 1. The van der Waals surface area contributed by atoms with Gasteiger partial charge < -0.3 is 14.8 Å². The molecule has 1 heterocycles. The molecule has 0 aliphatic carbocycles. The van der Waals surface area contributed by atoms with E-state index in [9.17, 15) is 9.59 Å². The minimum absolute atomic E-state index is 0.0368. The van der Waals surface area contributed by atoms with Crippen molar-refractivity contribution >= 4 is 17.5 Å². The fraction of sp³-hybridized carbons (Fsp3) is 0.261. The Morgan fingerprint density at radius 1 is 1.10 bits per heavy atom. The van der Waals surface area contributed by atoms with Crippen molar-refractivity contribution in [1.82, 2.24) is 14.5 Å². The molecule has 6 heteroatoms. The number of amides is 2. The number of nitrogens with zero attached hydrogens (tertiary/aromatic N) is 3. The number of hydrogen-bond donors (Lipinski definition) is 1. The fourth-order valence-corrected chi connectivity index (χ4v) is 3.11. The summed E-state index contributed by atoms with van der Waals surface area (Å²) in [5.74, 6) is -0.136. The third-order valence-electron chi connectivity index (χ3n) is 4.55. The van der Waals surface area contributed by atoms with Crippen LogP contribution in [0.4, 0.5) is 5.69 Å². The molecule has 0 saturated carbocycles. The third kappa shape index (κ3) is 6.04. The Morgan fingerprint density at radius 3 is 2.66 bits per heavy atom. The monoisotopic (exact) mass is 390 g/mol. The Kier molecular flexibility index (Phi) is 7.16. The van der Waals surface area contributed by atoms with E-state index >= 15 is 0 Å². The minimum Gasteiger partial charge on any atom is -0.337 e. The largest absolute Gasteiger partial charge is 0.337 e. The standard InChI is InChI=1S/C23H26N4O2/c1-2-13-27(17-19-7-4-3-5-8-19)23(29)20-9-6-10-21(16-20)25-22(28)11-14-26-15-12-24-18-26/h3-10,12,15-16,18H,2,11,13-14,17H2,1H3,(H,25,28). The topological polar surface area (TPSA) is 67.2 Å². The predicted octanol–water partition coefficient (Wildman–Crippen LogP) is 3.96. The molecule has 6 nitrogen and oxygen atoms in total. The lowest BCUT2D eigenvalue weighted by Crippen LogP contribution is -2.31. The Balaban J connectivity index is 1.64. The molecule has 0 aliphatic heterocycles. The third-order valence-corrected chi connectivity index (χ3v) is 4.55. The van der Waals surface area contributed by atoms with Crippen LogP contribution in [0.1, 0.15) is 35.7 Å². The van der Waals surface area contributed by atoms with E-state index in [0.29, 0.717) is 37.3 Å². The molecule has 0 radical (unpaired) electrons. The molecule has 1 aromatic heterocycles. The second-order valence-electron chi connectivity index (χ2n) is 6.89. The van der Waals surface area contributed by atoms with Crippen LogP contribution in [0.5, 0.6) is 0 Å². The number of carbonyl (C=O) groups is 2. The van der Waals surface area contributed by atoms with Gasteiger partial charge in [0.25, 0.3) is 5.91 Å². The molecule has 0 aliphatic rings. The van der Waals surface area contributed by atoms with E-state index in [4.69, 9.17) is 0 Å². The first-order valence-electron chi connectivity index (χ1n) is 9.84. The Labute approximate surface area is 171 Å². The van der Waals surface area contributed by atoms with E-state index in [1.54, 1.807) is 36.8 Å². The van der Waals surface area contributed by atoms with Gasteiger partial charge in [-0.3, -0.25) is 9.59 Å². The van der Waals surface area contributed by atoms with E-state index in [1.165, 1.54) is 0 Å². The maximum absolute atomic E-state index is 13.1. The summed E-state index contributed by atoms with van der Waals surface area (Å²) in [6, 6.07) is 17.1. The Bertz CT molecular complexity index is 923. The van der Waals surface area contributed by atoms with Gasteiger partial charge in [-0.25, -0.2) is 4.98 Å². The normalized spacial score (nSPS) is 10.5. The lowest BCUT2D eigenvalue weighted by Gasteiger charge is -2.22. The molecule has 0 saturated heterocycles. The number of rotatable bonds is 9. The molecule has 150 valence electrons. The van der Waals surface area contributed by atoms with Gasteiger partial charge in [0.15, 0.2) is 0 Å². The lowest BCUT2D eigenvalue weighted by atomic mass is 10.1. The van der Waals surface area contributed by atoms with Gasteiger partial charge in [0, 0.05) is 49.7 Å². The average molecular weight is 390 g/mol. The van der Waals surface area contributed by atoms with Gasteiger partial charge >= 0.3 is 0 Å². The number of imidazole rings is 1. The minimum atomic E-state index is -0.0991. The first kappa shape index (κ1) is 20.3. The number of aryl methyl sites for hydroxylation is 1. The molecule has 0 unspecified atom stereocenters. The number of carbonyl (C=O) groups excluding carboxylic acids is 2. The summed E-state index contributed by atoms with van der Waals surface area (Å²) in [4.78, 5) is 31.1. The average Bonchev–Trinajstić information content (AvgIpc) is 3.26. The SMILES string of the molecule is CCCN(Cc1ccccc1)C(=O)c1cccc(NC(=O)CCn2ccnc2)c1. The van der Waals surface area contributed by atoms with Crippen molar-refractivity contribution in [2.45, 2.75) is 32.9 Å². The molecule has 2 aromatic carbocycles. The summed E-state index contributed by atoms with van der Waals surface area (Å²) >= 11 is 0. The van der Waals surface area contributed by atoms with E-state index in [-0.39, 0.29) is 11.8 Å². The predicted molar refractivity (Wildman–Crippen MR) is 113 cm³/mol. The van der Waals surface area contributed by atoms with Crippen LogP contribution in [0, 0.1) is 0 Å². The van der Waals surface area contributed by atoms with Gasteiger partial charge in [0.05, 0.1) is 6.33 Å². The van der Waals surface area contributed by atoms with Gasteiger partial charge in [-0.05, 0) is 30.2 Å².